The molecule has 0 aromatic heterocycles. The van der Waals surface area contributed by atoms with Crippen LogP contribution in [0.15, 0.2) is 0 Å². The Morgan fingerprint density at radius 3 is 2.44 bits per heavy atom. The lowest BCUT2D eigenvalue weighted by Gasteiger charge is -2.05. The lowest BCUT2D eigenvalue weighted by atomic mass is 10.3. The van der Waals surface area contributed by atoms with Crippen LogP contribution >= 0.6 is 0 Å². The third kappa shape index (κ3) is 1.91. The summed E-state index contributed by atoms with van der Waals surface area (Å²) in [6.45, 7) is 0. The Bertz CT molecular complexity index is 105. The lowest BCUT2D eigenvalue weighted by Crippen LogP contribution is -2.30. The Morgan fingerprint density at radius 2 is 2.00 bits per heavy atom. The molecule has 1 aliphatic rings. The Labute approximate surface area is 55.1 Å². The molecule has 1 saturated carbocycles. The number of guanidine groups is 1. The predicted octanol–water partition coefficient (Wildman–Crippen LogP) is 0.427. The van der Waals surface area contributed by atoms with Crippen LogP contribution in [0.4, 0.5) is 0 Å². The van der Waals surface area contributed by atoms with E-state index in [2.05, 4.69) is 5.32 Å². The molecule has 3 nitrogen and oxygen atoms in total. The molecule has 51 valence electrons. The van der Waals surface area contributed by atoms with Gasteiger partial charge in [0.25, 0.3) is 0 Å². The fraction of sp³-hybridized carbons (Fsp3) is 0.833. The van der Waals surface area contributed by atoms with Crippen LogP contribution in [-0.4, -0.2) is 12.0 Å². The monoisotopic (exact) mass is 126 g/mol. The van der Waals surface area contributed by atoms with Gasteiger partial charge in [-0.15, -0.1) is 0 Å². The molecule has 3 heteroatoms. The van der Waals surface area contributed by atoms with Crippen LogP contribution in [0.5, 0.6) is 0 Å². The minimum atomic E-state index is -0.0121. The van der Waals surface area contributed by atoms with Gasteiger partial charge in [-0.2, -0.15) is 0 Å². The van der Waals surface area contributed by atoms with E-state index < -0.39 is 0 Å². The van der Waals surface area contributed by atoms with Crippen molar-refractivity contribution < 1.29 is 0 Å². The molecule has 3 N–H and O–H groups in total. The number of rotatable bonds is 1. The van der Waals surface area contributed by atoms with Crippen LogP contribution in [0.2, 0.25) is 0 Å². The Kier molecular flexibility index (Phi) is 1.92. The summed E-state index contributed by atoms with van der Waals surface area (Å²) in [7, 11) is 0. The number of nitrogens with zero attached hydrogens (tertiary/aromatic N) is 1. The normalized spacial score (nSPS) is 20.0. The zero-order chi connectivity index (χ0) is 6.69. The molecule has 0 unspecified atom stereocenters. The maximum absolute atomic E-state index is 6.87. The summed E-state index contributed by atoms with van der Waals surface area (Å²) in [5, 5.41) is 10.8. The fourth-order valence-corrected chi connectivity index (χ4v) is 1.23. The van der Waals surface area contributed by atoms with E-state index in [1.807, 2.05) is 0 Å². The summed E-state index contributed by atoms with van der Waals surface area (Å²) in [5.41, 5.74) is 5.09. The third-order valence-electron chi connectivity index (χ3n) is 1.65. The first-order valence-corrected chi connectivity index (χ1v) is 3.34. The van der Waals surface area contributed by atoms with Gasteiger partial charge in [0.15, 0.2) is 0 Å². The maximum Gasteiger partial charge on any atom is 0.208 e. The van der Waals surface area contributed by atoms with Gasteiger partial charge in [-0.25, -0.2) is 5.32 Å². The standard InChI is InChI=1S/C6H12N3/c7-6(8)9-5-3-1-2-4-5/h5H,1-4H2,(H3,7,8). The minimum Gasteiger partial charge on any atom is -0.369 e. The molecule has 0 aromatic rings. The molecule has 0 atom stereocenters. The van der Waals surface area contributed by atoms with Crippen LogP contribution in [0.25, 0.3) is 0 Å². The molecule has 0 saturated heterocycles. The van der Waals surface area contributed by atoms with Gasteiger partial charge < -0.3 is 5.73 Å². The van der Waals surface area contributed by atoms with Crippen molar-refractivity contribution in [3.63, 3.8) is 0 Å². The molecule has 0 aliphatic heterocycles. The van der Waals surface area contributed by atoms with E-state index in [9.17, 15) is 0 Å². The van der Waals surface area contributed by atoms with E-state index in [0.29, 0.717) is 6.04 Å². The first kappa shape index (κ1) is 6.39. The highest BCUT2D eigenvalue weighted by molar-refractivity contribution is 5.74. The van der Waals surface area contributed by atoms with Gasteiger partial charge in [0.05, 0.1) is 6.04 Å². The van der Waals surface area contributed by atoms with Crippen molar-refractivity contribution in [1.82, 2.24) is 5.32 Å². The molecule has 1 fully saturated rings. The summed E-state index contributed by atoms with van der Waals surface area (Å²) >= 11 is 0. The van der Waals surface area contributed by atoms with Gasteiger partial charge in [-0.1, -0.05) is 12.8 Å². The van der Waals surface area contributed by atoms with Crippen LogP contribution in [0, 0.1) is 5.41 Å². The minimum absolute atomic E-state index is 0.0121. The molecule has 1 aliphatic carbocycles. The molecule has 0 aromatic carbocycles. The fourth-order valence-electron chi connectivity index (χ4n) is 1.23. The quantitative estimate of drug-likeness (QED) is 0.388. The van der Waals surface area contributed by atoms with Gasteiger partial charge in [0.1, 0.15) is 0 Å². The molecule has 0 bridgehead atoms. The van der Waals surface area contributed by atoms with Gasteiger partial charge in [0, 0.05) is 0 Å². The van der Waals surface area contributed by atoms with E-state index in [4.69, 9.17) is 11.1 Å². The number of nitrogens with two attached hydrogens (primary N) is 1. The third-order valence-corrected chi connectivity index (χ3v) is 1.65. The van der Waals surface area contributed by atoms with Crippen molar-refractivity contribution in [2.24, 2.45) is 5.73 Å². The van der Waals surface area contributed by atoms with Crippen LogP contribution in [-0.2, 0) is 0 Å². The molecule has 0 amide bonds. The first-order valence-electron chi connectivity index (χ1n) is 3.34. The Balaban J connectivity index is 2.19. The molecular formula is C6H12N3. The predicted molar refractivity (Wildman–Crippen MR) is 36.3 cm³/mol. The highest BCUT2D eigenvalue weighted by Gasteiger charge is 2.15. The zero-order valence-electron chi connectivity index (χ0n) is 5.43. The van der Waals surface area contributed by atoms with Gasteiger partial charge in [-0.05, 0) is 12.8 Å². The lowest BCUT2D eigenvalue weighted by molar-refractivity contribution is 0.616. The van der Waals surface area contributed by atoms with E-state index >= 15 is 0 Å². The molecule has 9 heavy (non-hydrogen) atoms. The van der Waals surface area contributed by atoms with E-state index in [0.717, 1.165) is 12.8 Å². The molecule has 0 heterocycles. The van der Waals surface area contributed by atoms with Crippen molar-refractivity contribution in [3.05, 3.63) is 0 Å². The van der Waals surface area contributed by atoms with Gasteiger partial charge in [-0.3, -0.25) is 5.41 Å². The van der Waals surface area contributed by atoms with E-state index in [1.165, 1.54) is 12.8 Å². The van der Waals surface area contributed by atoms with Crippen LogP contribution in [0.1, 0.15) is 25.7 Å². The number of hydrogen-bond donors (Lipinski definition) is 2. The van der Waals surface area contributed by atoms with Crippen molar-refractivity contribution in [2.45, 2.75) is 31.7 Å². The summed E-state index contributed by atoms with van der Waals surface area (Å²) in [6, 6.07) is 0.363. The number of nitrogens with one attached hydrogen (secondary N) is 1. The Morgan fingerprint density at radius 1 is 1.44 bits per heavy atom. The van der Waals surface area contributed by atoms with E-state index in [-0.39, 0.29) is 5.96 Å². The molecular weight excluding hydrogens is 114 g/mol. The van der Waals surface area contributed by atoms with Gasteiger partial charge in [0.2, 0.25) is 5.96 Å². The van der Waals surface area contributed by atoms with Crippen molar-refractivity contribution >= 4 is 5.96 Å². The zero-order valence-corrected chi connectivity index (χ0v) is 5.43. The highest BCUT2D eigenvalue weighted by Crippen LogP contribution is 2.17. The number of hydrogen-bond acceptors (Lipinski definition) is 1. The topological polar surface area (TPSA) is 64.0 Å². The largest absolute Gasteiger partial charge is 0.369 e. The SMILES string of the molecule is N=C(N)[N]C1CCCC1. The summed E-state index contributed by atoms with van der Waals surface area (Å²) < 4.78 is 0. The second-order valence-corrected chi connectivity index (χ2v) is 2.45. The summed E-state index contributed by atoms with van der Waals surface area (Å²) in [4.78, 5) is 0. The maximum atomic E-state index is 6.87. The average molecular weight is 126 g/mol. The van der Waals surface area contributed by atoms with Gasteiger partial charge >= 0.3 is 0 Å². The van der Waals surface area contributed by atoms with E-state index in [1.54, 1.807) is 0 Å². The summed E-state index contributed by atoms with van der Waals surface area (Å²) in [5.74, 6) is -0.0121. The van der Waals surface area contributed by atoms with Crippen LogP contribution in [0.3, 0.4) is 0 Å². The van der Waals surface area contributed by atoms with Crippen molar-refractivity contribution in [3.8, 4) is 0 Å². The smallest absolute Gasteiger partial charge is 0.208 e. The summed E-state index contributed by atoms with van der Waals surface area (Å²) in [6.07, 6.45) is 4.75. The van der Waals surface area contributed by atoms with Crippen LogP contribution < -0.4 is 11.1 Å². The second kappa shape index (κ2) is 2.71. The second-order valence-electron chi connectivity index (χ2n) is 2.45. The van der Waals surface area contributed by atoms with Crippen molar-refractivity contribution in [1.29, 1.82) is 5.41 Å². The first-order chi connectivity index (χ1) is 4.29. The molecule has 1 radical (unpaired) electrons. The average Bonchev–Trinajstić information content (AvgIpc) is 2.15. The molecule has 0 spiro atoms. The van der Waals surface area contributed by atoms with Crippen molar-refractivity contribution in [2.75, 3.05) is 0 Å². The molecule has 1 rings (SSSR count). The highest BCUT2D eigenvalue weighted by atomic mass is 15.1. The Hall–Kier alpha value is -0.730.